The molecule has 2 amide bonds. The van der Waals surface area contributed by atoms with Crippen molar-refractivity contribution in [3.05, 3.63) is 5.01 Å². The minimum atomic E-state index is -0.307. The molecule has 0 bridgehead atoms. The van der Waals surface area contributed by atoms with E-state index >= 15 is 0 Å². The molecule has 1 aliphatic heterocycles. The maximum Gasteiger partial charge on any atom is 0.231 e. The highest BCUT2D eigenvalue weighted by molar-refractivity contribution is 7.15. The summed E-state index contributed by atoms with van der Waals surface area (Å²) in [4.78, 5) is 26.4. The first-order valence-corrected chi connectivity index (χ1v) is 9.61. The number of carbonyl (C=O) groups excluding carboxylic acids is 2. The molecule has 1 aromatic rings. The Morgan fingerprint density at radius 1 is 1.21 bits per heavy atom. The molecular formula is C17H26N4O2S. The number of nitrogens with zero attached hydrogens (tertiary/aromatic N) is 3. The van der Waals surface area contributed by atoms with Gasteiger partial charge in [0.25, 0.3) is 0 Å². The molecule has 132 valence electrons. The van der Waals surface area contributed by atoms with Crippen molar-refractivity contribution in [3.63, 3.8) is 0 Å². The molecule has 1 saturated heterocycles. The van der Waals surface area contributed by atoms with Gasteiger partial charge in [-0.1, -0.05) is 30.6 Å². The van der Waals surface area contributed by atoms with Crippen molar-refractivity contribution < 1.29 is 9.59 Å². The molecule has 1 aromatic heterocycles. The highest BCUT2D eigenvalue weighted by Crippen LogP contribution is 2.35. The number of carbonyl (C=O) groups is 2. The number of hydrogen-bond donors (Lipinski definition) is 1. The van der Waals surface area contributed by atoms with Crippen molar-refractivity contribution in [3.8, 4) is 0 Å². The maximum absolute atomic E-state index is 12.5. The van der Waals surface area contributed by atoms with Crippen molar-refractivity contribution in [1.82, 2.24) is 15.1 Å². The molecule has 2 heterocycles. The monoisotopic (exact) mass is 350 g/mol. The van der Waals surface area contributed by atoms with Gasteiger partial charge in [-0.05, 0) is 33.6 Å². The van der Waals surface area contributed by atoms with Crippen LogP contribution in [0.15, 0.2) is 0 Å². The Hall–Kier alpha value is -1.50. The number of amides is 2. The second-order valence-corrected chi connectivity index (χ2v) is 8.85. The van der Waals surface area contributed by atoms with Crippen LogP contribution in [0.1, 0.15) is 70.2 Å². The van der Waals surface area contributed by atoms with E-state index in [2.05, 4.69) is 15.5 Å². The number of anilines is 1. The SMILES string of the molecule is CC(C)(C)N1C[C@H](C(=O)Nc2nnc(C3CCCCC3)s2)CC1=O. The number of hydrogen-bond acceptors (Lipinski definition) is 5. The Balaban J connectivity index is 1.59. The zero-order valence-electron chi connectivity index (χ0n) is 14.7. The molecule has 0 aromatic carbocycles. The molecule has 2 fully saturated rings. The van der Waals surface area contributed by atoms with E-state index in [-0.39, 0.29) is 29.7 Å². The molecule has 2 aliphatic rings. The molecule has 1 atom stereocenters. The van der Waals surface area contributed by atoms with E-state index in [1.807, 2.05) is 20.8 Å². The first kappa shape index (κ1) is 17.3. The van der Waals surface area contributed by atoms with Crippen LogP contribution in [-0.2, 0) is 9.59 Å². The number of rotatable bonds is 3. The van der Waals surface area contributed by atoms with E-state index < -0.39 is 0 Å². The lowest BCUT2D eigenvalue weighted by Crippen LogP contribution is -2.42. The Morgan fingerprint density at radius 2 is 1.92 bits per heavy atom. The van der Waals surface area contributed by atoms with Gasteiger partial charge in [-0.15, -0.1) is 10.2 Å². The van der Waals surface area contributed by atoms with Gasteiger partial charge in [-0.25, -0.2) is 0 Å². The third-order valence-electron chi connectivity index (χ3n) is 4.93. The summed E-state index contributed by atoms with van der Waals surface area (Å²) in [6.45, 7) is 6.45. The first-order valence-electron chi connectivity index (χ1n) is 8.79. The van der Waals surface area contributed by atoms with Gasteiger partial charge in [0.1, 0.15) is 5.01 Å². The molecule has 7 heteroatoms. The van der Waals surface area contributed by atoms with Gasteiger partial charge < -0.3 is 10.2 Å². The third-order valence-corrected chi connectivity index (χ3v) is 5.93. The largest absolute Gasteiger partial charge is 0.337 e. The number of likely N-dealkylation sites (tertiary alicyclic amines) is 1. The van der Waals surface area contributed by atoms with Crippen molar-refractivity contribution in [1.29, 1.82) is 0 Å². The Labute approximate surface area is 147 Å². The van der Waals surface area contributed by atoms with Crippen LogP contribution in [0.4, 0.5) is 5.13 Å². The van der Waals surface area contributed by atoms with Crippen LogP contribution in [-0.4, -0.2) is 39.0 Å². The van der Waals surface area contributed by atoms with Crippen LogP contribution in [0.3, 0.4) is 0 Å². The standard InChI is InChI=1S/C17H26N4O2S/c1-17(2,3)21-10-12(9-13(21)22)14(23)18-16-20-19-15(24-16)11-7-5-4-6-8-11/h11-12H,4-10H2,1-3H3,(H,18,20,23)/t12-/m1/s1. The van der Waals surface area contributed by atoms with Crippen molar-refractivity contribution in [2.45, 2.75) is 70.8 Å². The predicted molar refractivity (Wildman–Crippen MR) is 93.9 cm³/mol. The summed E-state index contributed by atoms with van der Waals surface area (Å²) in [5.74, 6) is 0.106. The van der Waals surface area contributed by atoms with E-state index in [9.17, 15) is 9.59 Å². The average molecular weight is 350 g/mol. The van der Waals surface area contributed by atoms with Crippen molar-refractivity contribution >= 4 is 28.3 Å². The quantitative estimate of drug-likeness (QED) is 0.908. The van der Waals surface area contributed by atoms with Crippen LogP contribution in [0, 0.1) is 5.92 Å². The van der Waals surface area contributed by atoms with Crippen LogP contribution in [0.25, 0.3) is 0 Å². The van der Waals surface area contributed by atoms with E-state index in [0.717, 1.165) is 5.01 Å². The third kappa shape index (κ3) is 3.77. The molecule has 6 nitrogen and oxygen atoms in total. The fourth-order valence-electron chi connectivity index (χ4n) is 3.54. The van der Waals surface area contributed by atoms with E-state index in [1.54, 1.807) is 4.90 Å². The topological polar surface area (TPSA) is 75.2 Å². The molecule has 1 N–H and O–H groups in total. The lowest BCUT2D eigenvalue weighted by Gasteiger charge is -2.31. The second-order valence-electron chi connectivity index (χ2n) is 7.85. The smallest absolute Gasteiger partial charge is 0.231 e. The Kier molecular flexibility index (Phi) is 4.90. The second kappa shape index (κ2) is 6.78. The van der Waals surface area contributed by atoms with E-state index in [1.165, 1.54) is 43.4 Å². The first-order chi connectivity index (χ1) is 11.3. The minimum Gasteiger partial charge on any atom is -0.337 e. The van der Waals surface area contributed by atoms with Crippen LogP contribution in [0.2, 0.25) is 0 Å². The molecule has 0 unspecified atom stereocenters. The normalized spacial score (nSPS) is 22.9. The summed E-state index contributed by atoms with van der Waals surface area (Å²) in [5.41, 5.74) is -0.247. The predicted octanol–water partition coefficient (Wildman–Crippen LogP) is 3.17. The average Bonchev–Trinajstić information content (AvgIpc) is 3.14. The summed E-state index contributed by atoms with van der Waals surface area (Å²) in [6, 6.07) is 0. The summed E-state index contributed by atoms with van der Waals surface area (Å²) in [5, 5.41) is 12.8. The Bertz CT molecular complexity index is 616. The Morgan fingerprint density at radius 3 is 2.54 bits per heavy atom. The van der Waals surface area contributed by atoms with E-state index in [0.29, 0.717) is 17.6 Å². The van der Waals surface area contributed by atoms with Gasteiger partial charge in [0.2, 0.25) is 16.9 Å². The van der Waals surface area contributed by atoms with Gasteiger partial charge in [0.15, 0.2) is 0 Å². The molecule has 3 rings (SSSR count). The zero-order valence-corrected chi connectivity index (χ0v) is 15.5. The highest BCUT2D eigenvalue weighted by Gasteiger charge is 2.39. The van der Waals surface area contributed by atoms with Gasteiger partial charge in [-0.3, -0.25) is 9.59 Å². The van der Waals surface area contributed by atoms with Crippen molar-refractivity contribution in [2.24, 2.45) is 5.92 Å². The summed E-state index contributed by atoms with van der Waals surface area (Å²) < 4.78 is 0. The van der Waals surface area contributed by atoms with Crippen LogP contribution >= 0.6 is 11.3 Å². The molecule has 1 aliphatic carbocycles. The van der Waals surface area contributed by atoms with E-state index in [4.69, 9.17) is 0 Å². The molecule has 24 heavy (non-hydrogen) atoms. The number of aromatic nitrogens is 2. The fourth-order valence-corrected chi connectivity index (χ4v) is 4.45. The lowest BCUT2D eigenvalue weighted by molar-refractivity contribution is -0.131. The molecular weight excluding hydrogens is 324 g/mol. The molecule has 0 radical (unpaired) electrons. The zero-order chi connectivity index (χ0) is 17.3. The summed E-state index contributed by atoms with van der Waals surface area (Å²) in [7, 11) is 0. The summed E-state index contributed by atoms with van der Waals surface area (Å²) >= 11 is 1.48. The van der Waals surface area contributed by atoms with Crippen molar-refractivity contribution in [2.75, 3.05) is 11.9 Å². The minimum absolute atomic E-state index is 0.0443. The van der Waals surface area contributed by atoms with Gasteiger partial charge in [0, 0.05) is 24.4 Å². The molecule has 1 saturated carbocycles. The van der Waals surface area contributed by atoms with Crippen LogP contribution < -0.4 is 5.32 Å². The van der Waals surface area contributed by atoms with Gasteiger partial charge >= 0.3 is 0 Å². The van der Waals surface area contributed by atoms with Gasteiger partial charge in [0.05, 0.1) is 5.92 Å². The highest BCUT2D eigenvalue weighted by atomic mass is 32.1. The summed E-state index contributed by atoms with van der Waals surface area (Å²) in [6.07, 6.45) is 6.41. The fraction of sp³-hybridized carbons (Fsp3) is 0.765. The lowest BCUT2D eigenvalue weighted by atomic mass is 9.90. The maximum atomic E-state index is 12.5. The number of nitrogens with one attached hydrogen (secondary N) is 1. The van der Waals surface area contributed by atoms with Gasteiger partial charge in [-0.2, -0.15) is 0 Å². The molecule has 0 spiro atoms. The van der Waals surface area contributed by atoms with Crippen LogP contribution in [0.5, 0.6) is 0 Å².